The molecule has 13 heavy (non-hydrogen) atoms. The highest BCUT2D eigenvalue weighted by molar-refractivity contribution is 4.81. The van der Waals surface area contributed by atoms with Gasteiger partial charge in [-0.25, -0.2) is 0 Å². The van der Waals surface area contributed by atoms with Crippen molar-refractivity contribution in [3.63, 3.8) is 0 Å². The van der Waals surface area contributed by atoms with Crippen molar-refractivity contribution in [2.24, 2.45) is 0 Å². The lowest BCUT2D eigenvalue weighted by Gasteiger charge is -2.14. The summed E-state index contributed by atoms with van der Waals surface area (Å²) in [5.41, 5.74) is 0. The monoisotopic (exact) mass is 189 g/mol. The van der Waals surface area contributed by atoms with Crippen LogP contribution in [-0.4, -0.2) is 48.7 Å². The maximum atomic E-state index is 9.10. The molecule has 4 nitrogen and oxygen atoms in total. The third kappa shape index (κ3) is 3.60. The Bertz CT molecular complexity index is 143. The Kier molecular flexibility index (Phi) is 4.66. The normalized spacial score (nSPS) is 30.7. The number of aliphatic hydroxyl groups excluding tert-OH is 2. The van der Waals surface area contributed by atoms with Crippen molar-refractivity contribution in [1.82, 2.24) is 5.32 Å². The van der Waals surface area contributed by atoms with Gasteiger partial charge in [0.25, 0.3) is 0 Å². The first-order valence-electron chi connectivity index (χ1n) is 4.81. The molecule has 3 atom stereocenters. The molecule has 0 saturated heterocycles. The number of hydrogen-bond donors (Lipinski definition) is 3. The summed E-state index contributed by atoms with van der Waals surface area (Å²) < 4.78 is 5.22. The first-order chi connectivity index (χ1) is 6.26. The van der Waals surface area contributed by atoms with Crippen molar-refractivity contribution in [1.29, 1.82) is 0 Å². The van der Waals surface area contributed by atoms with Gasteiger partial charge in [-0.1, -0.05) is 0 Å². The fourth-order valence-corrected chi connectivity index (χ4v) is 1.71. The minimum absolute atomic E-state index is 0.173. The van der Waals surface area contributed by atoms with Crippen LogP contribution in [0.25, 0.3) is 0 Å². The van der Waals surface area contributed by atoms with Gasteiger partial charge < -0.3 is 20.3 Å². The average molecular weight is 189 g/mol. The van der Waals surface area contributed by atoms with Crippen molar-refractivity contribution < 1.29 is 14.9 Å². The zero-order valence-corrected chi connectivity index (χ0v) is 8.07. The minimum Gasteiger partial charge on any atom is -0.394 e. The number of methoxy groups -OCH3 is 1. The van der Waals surface area contributed by atoms with Crippen LogP contribution < -0.4 is 5.32 Å². The van der Waals surface area contributed by atoms with Gasteiger partial charge >= 0.3 is 0 Å². The number of aliphatic hydroxyl groups is 2. The fourth-order valence-electron chi connectivity index (χ4n) is 1.71. The molecule has 0 aliphatic heterocycles. The molecule has 1 saturated carbocycles. The van der Waals surface area contributed by atoms with E-state index in [1.165, 1.54) is 0 Å². The third-order valence-corrected chi connectivity index (χ3v) is 2.57. The molecule has 0 aromatic carbocycles. The second-order valence-corrected chi connectivity index (χ2v) is 3.61. The predicted molar refractivity (Wildman–Crippen MR) is 49.5 cm³/mol. The molecular weight excluding hydrogens is 170 g/mol. The second kappa shape index (κ2) is 5.54. The Balaban J connectivity index is 2.10. The lowest BCUT2D eigenvalue weighted by molar-refractivity contribution is 0.0885. The minimum atomic E-state index is -0.637. The van der Waals surface area contributed by atoms with Crippen molar-refractivity contribution in [3.05, 3.63) is 0 Å². The van der Waals surface area contributed by atoms with Gasteiger partial charge in [0.1, 0.15) is 0 Å². The SMILES string of the molecule is COC1CCC(NCC(O)CO)C1. The van der Waals surface area contributed by atoms with Gasteiger partial charge in [0, 0.05) is 19.7 Å². The van der Waals surface area contributed by atoms with E-state index in [2.05, 4.69) is 5.32 Å². The van der Waals surface area contributed by atoms with Gasteiger partial charge in [-0.2, -0.15) is 0 Å². The lowest BCUT2D eigenvalue weighted by atomic mass is 10.2. The predicted octanol–water partition coefficient (Wildman–Crippen LogP) is -0.503. The van der Waals surface area contributed by atoms with Crippen LogP contribution in [0.5, 0.6) is 0 Å². The van der Waals surface area contributed by atoms with E-state index in [4.69, 9.17) is 14.9 Å². The summed E-state index contributed by atoms with van der Waals surface area (Å²) in [6.07, 6.45) is 2.92. The van der Waals surface area contributed by atoms with Gasteiger partial charge in [-0.15, -0.1) is 0 Å². The standard InChI is InChI=1S/C9H19NO3/c1-13-9-3-2-7(4-9)10-5-8(12)6-11/h7-12H,2-6H2,1H3. The molecular formula is C9H19NO3. The van der Waals surface area contributed by atoms with E-state index >= 15 is 0 Å². The van der Waals surface area contributed by atoms with Crippen molar-refractivity contribution in [2.45, 2.75) is 37.5 Å². The van der Waals surface area contributed by atoms with E-state index in [1.807, 2.05) is 0 Å². The van der Waals surface area contributed by atoms with Crippen LogP contribution in [0.3, 0.4) is 0 Å². The summed E-state index contributed by atoms with van der Waals surface area (Å²) in [5.74, 6) is 0. The Morgan fingerprint density at radius 3 is 2.85 bits per heavy atom. The average Bonchev–Trinajstić information content (AvgIpc) is 2.61. The summed E-state index contributed by atoms with van der Waals surface area (Å²) >= 11 is 0. The first-order valence-corrected chi connectivity index (χ1v) is 4.81. The van der Waals surface area contributed by atoms with Crippen LogP contribution in [0.15, 0.2) is 0 Å². The Morgan fingerprint density at radius 1 is 1.54 bits per heavy atom. The molecule has 3 unspecified atom stereocenters. The maximum Gasteiger partial charge on any atom is 0.0895 e. The molecule has 3 N–H and O–H groups in total. The Morgan fingerprint density at radius 2 is 2.31 bits per heavy atom. The van der Waals surface area contributed by atoms with Crippen LogP contribution in [0, 0.1) is 0 Å². The fraction of sp³-hybridized carbons (Fsp3) is 1.00. The molecule has 1 fully saturated rings. The van der Waals surface area contributed by atoms with Gasteiger partial charge in [0.05, 0.1) is 18.8 Å². The van der Waals surface area contributed by atoms with E-state index in [0.29, 0.717) is 18.7 Å². The molecule has 0 bridgehead atoms. The molecule has 0 aromatic heterocycles. The van der Waals surface area contributed by atoms with E-state index in [9.17, 15) is 0 Å². The summed E-state index contributed by atoms with van der Waals surface area (Å²) in [6.45, 7) is 0.297. The third-order valence-electron chi connectivity index (χ3n) is 2.57. The van der Waals surface area contributed by atoms with Crippen LogP contribution in [0.4, 0.5) is 0 Å². The smallest absolute Gasteiger partial charge is 0.0895 e. The van der Waals surface area contributed by atoms with Crippen molar-refractivity contribution >= 4 is 0 Å². The summed E-state index contributed by atoms with van der Waals surface area (Å²) in [5, 5.41) is 20.9. The van der Waals surface area contributed by atoms with Crippen molar-refractivity contribution in [2.75, 3.05) is 20.3 Å². The number of rotatable bonds is 5. The Labute approximate surface area is 78.9 Å². The lowest BCUT2D eigenvalue weighted by Crippen LogP contribution is -2.35. The highest BCUT2D eigenvalue weighted by Crippen LogP contribution is 2.21. The van der Waals surface area contributed by atoms with Crippen LogP contribution in [0.1, 0.15) is 19.3 Å². The second-order valence-electron chi connectivity index (χ2n) is 3.61. The molecule has 0 radical (unpaired) electrons. The zero-order chi connectivity index (χ0) is 9.68. The van der Waals surface area contributed by atoms with E-state index in [-0.39, 0.29) is 6.61 Å². The van der Waals surface area contributed by atoms with Gasteiger partial charge in [0.15, 0.2) is 0 Å². The van der Waals surface area contributed by atoms with Gasteiger partial charge in [-0.3, -0.25) is 0 Å². The summed E-state index contributed by atoms with van der Waals surface area (Å²) in [6, 6.07) is 0.436. The van der Waals surface area contributed by atoms with Crippen molar-refractivity contribution in [3.8, 4) is 0 Å². The molecule has 1 aliphatic carbocycles. The van der Waals surface area contributed by atoms with E-state index in [1.54, 1.807) is 7.11 Å². The largest absolute Gasteiger partial charge is 0.394 e. The molecule has 0 aromatic rings. The van der Waals surface area contributed by atoms with E-state index in [0.717, 1.165) is 19.3 Å². The molecule has 0 spiro atoms. The number of ether oxygens (including phenoxy) is 1. The highest BCUT2D eigenvalue weighted by Gasteiger charge is 2.24. The first kappa shape index (κ1) is 10.9. The van der Waals surface area contributed by atoms with Crippen LogP contribution in [-0.2, 0) is 4.74 Å². The molecule has 78 valence electrons. The molecule has 1 aliphatic rings. The summed E-state index contributed by atoms with van der Waals surface area (Å²) in [7, 11) is 1.73. The van der Waals surface area contributed by atoms with Crippen LogP contribution in [0.2, 0.25) is 0 Å². The molecule has 1 rings (SSSR count). The molecule has 0 heterocycles. The topological polar surface area (TPSA) is 61.7 Å². The maximum absolute atomic E-state index is 9.10. The zero-order valence-electron chi connectivity index (χ0n) is 8.07. The van der Waals surface area contributed by atoms with E-state index < -0.39 is 6.10 Å². The molecule has 4 heteroatoms. The Hall–Kier alpha value is -0.160. The highest BCUT2D eigenvalue weighted by atomic mass is 16.5. The summed E-state index contributed by atoms with van der Waals surface area (Å²) in [4.78, 5) is 0. The number of hydrogen-bond acceptors (Lipinski definition) is 4. The van der Waals surface area contributed by atoms with Gasteiger partial charge in [0.2, 0.25) is 0 Å². The van der Waals surface area contributed by atoms with Gasteiger partial charge in [-0.05, 0) is 19.3 Å². The molecule has 0 amide bonds. The quantitative estimate of drug-likeness (QED) is 0.545. The van der Waals surface area contributed by atoms with Crippen LogP contribution >= 0.6 is 0 Å². The number of nitrogens with one attached hydrogen (secondary N) is 1.